The van der Waals surface area contributed by atoms with Gasteiger partial charge in [-0.3, -0.25) is 4.79 Å². The summed E-state index contributed by atoms with van der Waals surface area (Å²) in [5.74, 6) is -0.427. The predicted molar refractivity (Wildman–Crippen MR) is 94.4 cm³/mol. The maximum Gasteiger partial charge on any atom is 0.251 e. The van der Waals surface area contributed by atoms with Gasteiger partial charge in [0, 0.05) is 26.2 Å². The van der Waals surface area contributed by atoms with Crippen molar-refractivity contribution in [3.63, 3.8) is 0 Å². The number of carbonyl (C=O) groups is 1. The van der Waals surface area contributed by atoms with E-state index >= 15 is 0 Å². The van der Waals surface area contributed by atoms with Crippen LogP contribution in [0.2, 0.25) is 0 Å². The van der Waals surface area contributed by atoms with Crippen molar-refractivity contribution < 1.29 is 18.3 Å². The fourth-order valence-corrected chi connectivity index (χ4v) is 5.00. The summed E-state index contributed by atoms with van der Waals surface area (Å²) in [5.41, 5.74) is 1.93. The van der Waals surface area contributed by atoms with Crippen LogP contribution in [0.4, 0.5) is 0 Å². The Hall–Kier alpha value is -1.44. The first kappa shape index (κ1) is 18.4. The Morgan fingerprint density at radius 1 is 1.12 bits per heavy atom. The van der Waals surface area contributed by atoms with Gasteiger partial charge in [-0.2, -0.15) is 4.31 Å². The number of sulfonamides is 1. The Bertz CT molecular complexity index is 754. The van der Waals surface area contributed by atoms with Crippen LogP contribution >= 0.6 is 0 Å². The van der Waals surface area contributed by atoms with Crippen LogP contribution in [0.25, 0.3) is 0 Å². The van der Waals surface area contributed by atoms with Crippen molar-refractivity contribution in [2.45, 2.75) is 50.7 Å². The van der Waals surface area contributed by atoms with E-state index in [0.29, 0.717) is 37.5 Å². The Morgan fingerprint density at radius 2 is 1.80 bits per heavy atom. The molecule has 7 heteroatoms. The van der Waals surface area contributed by atoms with Crippen LogP contribution in [0, 0.1) is 5.92 Å². The summed E-state index contributed by atoms with van der Waals surface area (Å²) in [6.45, 7) is 5.66. The second-order valence-electron chi connectivity index (χ2n) is 7.24. The van der Waals surface area contributed by atoms with Crippen LogP contribution in [0.15, 0.2) is 23.1 Å². The molecule has 0 aromatic heterocycles. The Labute approximate surface area is 149 Å². The van der Waals surface area contributed by atoms with Crippen molar-refractivity contribution in [3.05, 3.63) is 29.3 Å². The molecule has 1 aromatic rings. The van der Waals surface area contributed by atoms with E-state index in [2.05, 4.69) is 0 Å². The molecule has 0 spiro atoms. The molecular weight excluding hydrogens is 340 g/mol. The Morgan fingerprint density at radius 3 is 2.44 bits per heavy atom. The van der Waals surface area contributed by atoms with Gasteiger partial charge in [-0.05, 0) is 48.4 Å². The number of fused-ring (bicyclic) bond motifs is 1. The number of aliphatic hydroxyl groups excluding tert-OH is 1. The quantitative estimate of drug-likeness (QED) is 0.873. The molecule has 0 bridgehead atoms. The van der Waals surface area contributed by atoms with E-state index in [1.54, 1.807) is 30.9 Å². The molecule has 3 rings (SSSR count). The van der Waals surface area contributed by atoms with Crippen molar-refractivity contribution in [1.29, 1.82) is 0 Å². The average molecular weight is 366 g/mol. The summed E-state index contributed by atoms with van der Waals surface area (Å²) in [6, 6.07) is 5.23. The van der Waals surface area contributed by atoms with Gasteiger partial charge < -0.3 is 10.0 Å². The Kier molecular flexibility index (Phi) is 5.18. The average Bonchev–Trinajstić information content (AvgIpc) is 3.14. The number of rotatable bonds is 4. The molecule has 6 nitrogen and oxygen atoms in total. The van der Waals surface area contributed by atoms with E-state index < -0.39 is 16.1 Å². The van der Waals surface area contributed by atoms with Gasteiger partial charge in [0.1, 0.15) is 6.10 Å². The van der Waals surface area contributed by atoms with Gasteiger partial charge in [0.15, 0.2) is 0 Å². The molecule has 1 fully saturated rings. The molecule has 0 unspecified atom stereocenters. The normalized spacial score (nSPS) is 19.9. The highest BCUT2D eigenvalue weighted by Gasteiger charge is 2.30. The third-order valence-corrected chi connectivity index (χ3v) is 6.98. The standard InChI is InChI=1S/C18H26N2O4S/c1-13(2)17(21)18(22)19-10-7-14-5-6-16(11-15(14)12-19)25(23,24)20-8-3-4-9-20/h5-6,11,13,17,21H,3-4,7-10,12H2,1-2H3/t17-/m1/s1. The van der Waals surface area contributed by atoms with E-state index in [1.807, 2.05) is 6.07 Å². The summed E-state index contributed by atoms with van der Waals surface area (Å²) >= 11 is 0. The fourth-order valence-electron chi connectivity index (χ4n) is 3.43. The van der Waals surface area contributed by atoms with Crippen LogP contribution < -0.4 is 0 Å². The number of amides is 1. The molecule has 2 aliphatic rings. The summed E-state index contributed by atoms with van der Waals surface area (Å²) in [5, 5.41) is 10.0. The summed E-state index contributed by atoms with van der Waals surface area (Å²) < 4.78 is 27.0. The molecule has 1 atom stereocenters. The monoisotopic (exact) mass is 366 g/mol. The number of aliphatic hydroxyl groups is 1. The van der Waals surface area contributed by atoms with E-state index in [4.69, 9.17) is 0 Å². The van der Waals surface area contributed by atoms with Crippen LogP contribution in [-0.4, -0.2) is 54.4 Å². The van der Waals surface area contributed by atoms with Crippen LogP contribution in [0.3, 0.4) is 0 Å². The molecule has 0 radical (unpaired) electrons. The van der Waals surface area contributed by atoms with Crippen molar-refractivity contribution in [1.82, 2.24) is 9.21 Å². The summed E-state index contributed by atoms with van der Waals surface area (Å²) in [7, 11) is -3.46. The summed E-state index contributed by atoms with van der Waals surface area (Å²) in [4.78, 5) is 14.3. The van der Waals surface area contributed by atoms with Crippen molar-refractivity contribution in [3.8, 4) is 0 Å². The second-order valence-corrected chi connectivity index (χ2v) is 9.18. The maximum atomic E-state index is 12.7. The second kappa shape index (κ2) is 7.05. The zero-order valence-electron chi connectivity index (χ0n) is 14.8. The molecule has 1 amide bonds. The van der Waals surface area contributed by atoms with Crippen LogP contribution in [0.5, 0.6) is 0 Å². The van der Waals surface area contributed by atoms with Crippen LogP contribution in [0.1, 0.15) is 37.8 Å². The number of benzene rings is 1. The molecule has 2 heterocycles. The van der Waals surface area contributed by atoms with Crippen molar-refractivity contribution >= 4 is 15.9 Å². The number of carbonyl (C=O) groups excluding carboxylic acids is 1. The molecule has 2 aliphatic heterocycles. The lowest BCUT2D eigenvalue weighted by atomic mass is 9.98. The largest absolute Gasteiger partial charge is 0.383 e. The molecule has 25 heavy (non-hydrogen) atoms. The van der Waals surface area contributed by atoms with Gasteiger partial charge in [0.25, 0.3) is 5.91 Å². The molecule has 1 saturated heterocycles. The lowest BCUT2D eigenvalue weighted by Gasteiger charge is -2.31. The maximum absolute atomic E-state index is 12.7. The van der Waals surface area contributed by atoms with Gasteiger partial charge in [0.2, 0.25) is 10.0 Å². The van der Waals surface area contributed by atoms with Gasteiger partial charge >= 0.3 is 0 Å². The van der Waals surface area contributed by atoms with E-state index in [0.717, 1.165) is 24.0 Å². The smallest absolute Gasteiger partial charge is 0.251 e. The Balaban J connectivity index is 1.83. The van der Waals surface area contributed by atoms with Gasteiger partial charge in [-0.15, -0.1) is 0 Å². The molecule has 1 aromatic carbocycles. The van der Waals surface area contributed by atoms with Gasteiger partial charge in [0.05, 0.1) is 4.90 Å². The highest BCUT2D eigenvalue weighted by molar-refractivity contribution is 7.89. The highest BCUT2D eigenvalue weighted by Crippen LogP contribution is 2.26. The SMILES string of the molecule is CC(C)[C@@H](O)C(=O)N1CCc2ccc(S(=O)(=O)N3CCCC3)cc2C1. The molecule has 0 saturated carbocycles. The van der Waals surface area contributed by atoms with E-state index in [9.17, 15) is 18.3 Å². The van der Waals surface area contributed by atoms with E-state index in [1.165, 1.54) is 4.31 Å². The minimum Gasteiger partial charge on any atom is -0.383 e. The van der Waals surface area contributed by atoms with Gasteiger partial charge in [-0.1, -0.05) is 19.9 Å². The topological polar surface area (TPSA) is 77.9 Å². The minimum atomic E-state index is -3.46. The molecular formula is C18H26N2O4S. The highest BCUT2D eigenvalue weighted by atomic mass is 32.2. The third-order valence-electron chi connectivity index (χ3n) is 5.09. The van der Waals surface area contributed by atoms with Crippen molar-refractivity contribution in [2.24, 2.45) is 5.92 Å². The lowest BCUT2D eigenvalue weighted by Crippen LogP contribution is -2.44. The zero-order valence-corrected chi connectivity index (χ0v) is 15.6. The summed E-state index contributed by atoms with van der Waals surface area (Å²) in [6.07, 6.45) is 1.47. The minimum absolute atomic E-state index is 0.143. The van der Waals surface area contributed by atoms with Crippen LogP contribution in [-0.2, 0) is 27.8 Å². The predicted octanol–water partition coefficient (Wildman–Crippen LogP) is 1.37. The third kappa shape index (κ3) is 3.59. The molecule has 138 valence electrons. The zero-order chi connectivity index (χ0) is 18.2. The number of hydrogen-bond donors (Lipinski definition) is 1. The van der Waals surface area contributed by atoms with E-state index in [-0.39, 0.29) is 11.8 Å². The fraction of sp³-hybridized carbons (Fsp3) is 0.611. The first-order valence-electron chi connectivity index (χ1n) is 8.89. The first-order valence-corrected chi connectivity index (χ1v) is 10.3. The molecule has 1 N–H and O–H groups in total. The number of hydrogen-bond acceptors (Lipinski definition) is 4. The lowest BCUT2D eigenvalue weighted by molar-refractivity contribution is -0.143. The molecule has 0 aliphatic carbocycles. The van der Waals surface area contributed by atoms with Crippen molar-refractivity contribution in [2.75, 3.05) is 19.6 Å². The first-order chi connectivity index (χ1) is 11.8. The number of nitrogens with zero attached hydrogens (tertiary/aromatic N) is 2. The van der Waals surface area contributed by atoms with Gasteiger partial charge in [-0.25, -0.2) is 8.42 Å².